The summed E-state index contributed by atoms with van der Waals surface area (Å²) in [4.78, 5) is 11.8. The quantitative estimate of drug-likeness (QED) is 0.319. The lowest BCUT2D eigenvalue weighted by atomic mass is 10.1. The van der Waals surface area contributed by atoms with Crippen LogP contribution in [0.1, 0.15) is 44.6 Å². The molecule has 3 saturated heterocycles. The largest absolute Gasteiger partial charge is 0.393 e. The first-order chi connectivity index (χ1) is 15.1. The molecule has 1 atom stereocenters. The molecular formula is C24H39FIN5O. The van der Waals surface area contributed by atoms with Gasteiger partial charge in [0, 0.05) is 39.3 Å². The van der Waals surface area contributed by atoms with Gasteiger partial charge in [0.1, 0.15) is 5.82 Å². The molecule has 180 valence electrons. The fourth-order valence-electron chi connectivity index (χ4n) is 5.11. The number of guanidine groups is 1. The Bertz CT molecular complexity index is 750. The number of aliphatic imine (C=N–C) groups is 1. The van der Waals surface area contributed by atoms with Crippen LogP contribution in [0.5, 0.6) is 0 Å². The van der Waals surface area contributed by atoms with Gasteiger partial charge in [-0.05, 0) is 75.7 Å². The molecule has 2 N–H and O–H groups in total. The molecule has 0 spiro atoms. The van der Waals surface area contributed by atoms with Crippen LogP contribution in [0.25, 0.3) is 0 Å². The highest BCUT2D eigenvalue weighted by molar-refractivity contribution is 14.0. The van der Waals surface area contributed by atoms with Crippen LogP contribution in [0.2, 0.25) is 0 Å². The van der Waals surface area contributed by atoms with E-state index >= 15 is 0 Å². The minimum Gasteiger partial charge on any atom is -0.393 e. The lowest BCUT2D eigenvalue weighted by Gasteiger charge is -2.31. The Labute approximate surface area is 209 Å². The van der Waals surface area contributed by atoms with Crippen molar-refractivity contribution in [3.63, 3.8) is 0 Å². The molecule has 3 aliphatic rings. The second-order valence-electron chi connectivity index (χ2n) is 9.28. The number of hydrogen-bond donors (Lipinski definition) is 2. The molecule has 1 aromatic carbocycles. The Kier molecular flexibility index (Phi) is 9.85. The highest BCUT2D eigenvalue weighted by Crippen LogP contribution is 2.25. The van der Waals surface area contributed by atoms with E-state index in [2.05, 4.69) is 22.0 Å². The van der Waals surface area contributed by atoms with Crippen molar-refractivity contribution >= 4 is 35.6 Å². The molecule has 0 bridgehead atoms. The zero-order chi connectivity index (χ0) is 21.6. The van der Waals surface area contributed by atoms with Gasteiger partial charge in [-0.25, -0.2) is 9.38 Å². The number of likely N-dealkylation sites (tertiary alicyclic amines) is 2. The van der Waals surface area contributed by atoms with Gasteiger partial charge in [-0.15, -0.1) is 24.0 Å². The highest BCUT2D eigenvalue weighted by atomic mass is 127. The summed E-state index contributed by atoms with van der Waals surface area (Å²) >= 11 is 0. The zero-order valence-electron chi connectivity index (χ0n) is 19.3. The number of nitrogens with one attached hydrogen (secondary N) is 1. The maximum Gasteiger partial charge on any atom is 0.194 e. The van der Waals surface area contributed by atoms with Crippen LogP contribution in [0.3, 0.4) is 0 Å². The molecular weight excluding hydrogens is 520 g/mol. The number of hydrogen-bond acceptors (Lipinski definition) is 4. The van der Waals surface area contributed by atoms with Crippen molar-refractivity contribution in [2.24, 2.45) is 10.9 Å². The van der Waals surface area contributed by atoms with Crippen LogP contribution >= 0.6 is 24.0 Å². The van der Waals surface area contributed by atoms with E-state index in [1.807, 2.05) is 17.0 Å². The molecule has 3 heterocycles. The van der Waals surface area contributed by atoms with Crippen LogP contribution in [-0.2, 0) is 6.54 Å². The third-order valence-corrected chi connectivity index (χ3v) is 6.86. The van der Waals surface area contributed by atoms with Crippen molar-refractivity contribution in [1.29, 1.82) is 0 Å². The van der Waals surface area contributed by atoms with Gasteiger partial charge in [0.2, 0.25) is 0 Å². The van der Waals surface area contributed by atoms with Gasteiger partial charge in [0.25, 0.3) is 0 Å². The van der Waals surface area contributed by atoms with E-state index in [0.29, 0.717) is 44.1 Å². The molecule has 6 nitrogen and oxygen atoms in total. The zero-order valence-corrected chi connectivity index (χ0v) is 21.6. The topological polar surface area (TPSA) is 54.3 Å². The highest BCUT2D eigenvalue weighted by Gasteiger charge is 2.27. The van der Waals surface area contributed by atoms with Crippen LogP contribution in [0.15, 0.2) is 23.2 Å². The van der Waals surface area contributed by atoms with Crippen LogP contribution in [0.4, 0.5) is 10.1 Å². The van der Waals surface area contributed by atoms with Gasteiger partial charge in [-0.2, -0.15) is 0 Å². The first-order valence-electron chi connectivity index (χ1n) is 12.1. The monoisotopic (exact) mass is 559 g/mol. The molecule has 1 aromatic rings. The van der Waals surface area contributed by atoms with E-state index in [0.717, 1.165) is 31.2 Å². The minimum absolute atomic E-state index is 0. The predicted octanol–water partition coefficient (Wildman–Crippen LogP) is 3.29. The summed E-state index contributed by atoms with van der Waals surface area (Å²) < 4.78 is 14.8. The lowest BCUT2D eigenvalue weighted by Crippen LogP contribution is -2.40. The summed E-state index contributed by atoms with van der Waals surface area (Å²) in [5.74, 6) is 1.46. The molecule has 1 unspecified atom stereocenters. The molecule has 0 saturated carbocycles. The van der Waals surface area contributed by atoms with Gasteiger partial charge in [-0.3, -0.25) is 0 Å². The van der Waals surface area contributed by atoms with E-state index in [1.165, 1.54) is 38.9 Å². The van der Waals surface area contributed by atoms with Gasteiger partial charge >= 0.3 is 0 Å². The van der Waals surface area contributed by atoms with E-state index in [1.54, 1.807) is 6.07 Å². The number of aliphatic hydroxyl groups excluding tert-OH is 1. The van der Waals surface area contributed by atoms with Gasteiger partial charge < -0.3 is 25.1 Å². The first-order valence-corrected chi connectivity index (χ1v) is 12.1. The summed E-state index contributed by atoms with van der Waals surface area (Å²) in [6.07, 6.45) is 5.05. The maximum absolute atomic E-state index is 14.8. The molecule has 4 rings (SSSR count). The molecule has 3 fully saturated rings. The lowest BCUT2D eigenvalue weighted by molar-refractivity contribution is 0.145. The Morgan fingerprint density at radius 3 is 2.56 bits per heavy atom. The number of anilines is 1. The molecule has 3 aliphatic heterocycles. The Morgan fingerprint density at radius 1 is 1.12 bits per heavy atom. The predicted molar refractivity (Wildman–Crippen MR) is 139 cm³/mol. The fourth-order valence-corrected chi connectivity index (χ4v) is 5.11. The van der Waals surface area contributed by atoms with Gasteiger partial charge in [0.05, 0.1) is 18.3 Å². The van der Waals surface area contributed by atoms with E-state index in [-0.39, 0.29) is 35.9 Å². The average molecular weight is 560 g/mol. The van der Waals surface area contributed by atoms with E-state index < -0.39 is 0 Å². The minimum atomic E-state index is -0.252. The van der Waals surface area contributed by atoms with E-state index in [4.69, 9.17) is 4.99 Å². The van der Waals surface area contributed by atoms with Crippen LogP contribution < -0.4 is 10.2 Å². The number of nitrogens with zero attached hydrogens (tertiary/aromatic N) is 4. The van der Waals surface area contributed by atoms with Crippen LogP contribution in [-0.4, -0.2) is 79.3 Å². The van der Waals surface area contributed by atoms with Crippen molar-refractivity contribution in [3.05, 3.63) is 29.6 Å². The number of halogens is 2. The Balaban J connectivity index is 0.00000289. The van der Waals surface area contributed by atoms with Crippen molar-refractivity contribution in [3.8, 4) is 0 Å². The molecule has 32 heavy (non-hydrogen) atoms. The molecule has 0 aliphatic carbocycles. The van der Waals surface area contributed by atoms with Gasteiger partial charge in [0.15, 0.2) is 5.96 Å². The summed E-state index contributed by atoms with van der Waals surface area (Å²) in [5, 5.41) is 13.1. The standard InChI is InChI=1S/C24H38FN5O.HI/c1-2-26-24(30-12-7-20(18-30)17-28-10-3-4-11-28)27-16-19-5-6-23(22(25)15-19)29-13-8-21(31)9-14-29;/h5-6,15,20-21,31H,2-4,7-14,16-18H2,1H3,(H,26,27);1H. The number of piperidine rings is 1. The number of aliphatic hydroxyl groups is 1. The summed E-state index contributed by atoms with van der Waals surface area (Å²) in [7, 11) is 0. The van der Waals surface area contributed by atoms with Crippen molar-refractivity contribution in [2.45, 2.75) is 51.7 Å². The number of benzene rings is 1. The Morgan fingerprint density at radius 2 is 1.88 bits per heavy atom. The van der Waals surface area contributed by atoms with Gasteiger partial charge in [-0.1, -0.05) is 6.07 Å². The normalized spacial score (nSPS) is 23.0. The second kappa shape index (κ2) is 12.4. The SMILES string of the molecule is CCNC(=NCc1ccc(N2CCC(O)CC2)c(F)c1)N1CCC(CN2CCCC2)C1.I. The van der Waals surface area contributed by atoms with Crippen molar-refractivity contribution < 1.29 is 9.50 Å². The molecule has 0 radical (unpaired) electrons. The summed E-state index contributed by atoms with van der Waals surface area (Å²) in [5.41, 5.74) is 1.53. The van der Waals surface area contributed by atoms with Crippen LogP contribution in [0, 0.1) is 11.7 Å². The fraction of sp³-hybridized carbons (Fsp3) is 0.708. The third-order valence-electron chi connectivity index (χ3n) is 6.86. The smallest absolute Gasteiger partial charge is 0.194 e. The maximum atomic E-state index is 14.8. The molecule has 8 heteroatoms. The summed E-state index contributed by atoms with van der Waals surface area (Å²) in [6, 6.07) is 5.47. The first kappa shape index (κ1) is 25.5. The average Bonchev–Trinajstić information content (AvgIpc) is 3.45. The Hall–Kier alpha value is -1.13. The summed E-state index contributed by atoms with van der Waals surface area (Å²) in [6.45, 7) is 10.6. The van der Waals surface area contributed by atoms with E-state index in [9.17, 15) is 9.50 Å². The number of rotatable bonds is 6. The second-order valence-corrected chi connectivity index (χ2v) is 9.28. The third kappa shape index (κ3) is 6.70. The molecule has 0 aromatic heterocycles. The van der Waals surface area contributed by atoms with Crippen molar-refractivity contribution in [2.75, 3.05) is 57.3 Å². The molecule has 0 amide bonds. The van der Waals surface area contributed by atoms with Crippen molar-refractivity contribution in [1.82, 2.24) is 15.1 Å².